The van der Waals surface area contributed by atoms with Crippen molar-refractivity contribution in [1.82, 2.24) is 14.0 Å². The van der Waals surface area contributed by atoms with Crippen molar-refractivity contribution in [3.05, 3.63) is 68.5 Å². The lowest BCUT2D eigenvalue weighted by Crippen LogP contribution is -2.43. The molecule has 0 saturated carbocycles. The van der Waals surface area contributed by atoms with Crippen molar-refractivity contribution in [3.8, 4) is 0 Å². The fraction of sp³-hybridized carbons (Fsp3) is 0.697. The van der Waals surface area contributed by atoms with Gasteiger partial charge >= 0.3 is 21.2 Å². The second-order valence-corrected chi connectivity index (χ2v) is 16.1. The summed E-state index contributed by atoms with van der Waals surface area (Å²) in [5.41, 5.74) is -0.557. The predicted octanol–water partition coefficient (Wildman–Crippen LogP) is 5.29. The standard InChI is InChI=1S/C33H55N3O13P2/c1-7-10-18-45-50(40,46-19-11-8-2)36(24-26-16-14-13-15-17-26)51(41,47-20-12-9-3)49-32(38)29-27(43-6)28(44-22-21-42-5)31(48-29)35-23-25(4)30(37)34-33(35)39/h13-17,23,27-29,31-32,38H,7-12,18-22,24H2,1-6H3,(H,34,37,39)/t27-,28+,29?,31+,32?,51?/m0/s1. The number of hydrogen-bond donors (Lipinski definition) is 2. The van der Waals surface area contributed by atoms with Crippen LogP contribution in [-0.2, 0) is 52.7 Å². The number of nitrogens with zero attached hydrogens (tertiary/aromatic N) is 2. The minimum Gasteiger partial charge on any atom is -0.382 e. The zero-order valence-electron chi connectivity index (χ0n) is 30.5. The molecule has 1 aliphatic heterocycles. The lowest BCUT2D eigenvalue weighted by molar-refractivity contribution is -0.164. The highest BCUT2D eigenvalue weighted by Crippen LogP contribution is 2.70. The van der Waals surface area contributed by atoms with Crippen molar-refractivity contribution in [1.29, 1.82) is 0 Å². The number of hydrogen-bond acceptors (Lipinski definition) is 13. The van der Waals surface area contributed by atoms with E-state index in [1.54, 1.807) is 30.3 Å². The maximum atomic E-state index is 15.2. The minimum absolute atomic E-state index is 0.0374. The van der Waals surface area contributed by atoms with Gasteiger partial charge in [0.1, 0.15) is 18.3 Å². The van der Waals surface area contributed by atoms with Gasteiger partial charge < -0.3 is 24.1 Å². The number of benzene rings is 1. The van der Waals surface area contributed by atoms with Gasteiger partial charge in [-0.25, -0.2) is 13.9 Å². The summed E-state index contributed by atoms with van der Waals surface area (Å²) in [5, 5.41) is 11.8. The summed E-state index contributed by atoms with van der Waals surface area (Å²) in [4.78, 5) is 27.4. The van der Waals surface area contributed by atoms with Crippen molar-refractivity contribution in [2.45, 2.75) is 104 Å². The van der Waals surface area contributed by atoms with Crippen LogP contribution in [-0.4, -0.2) is 91.0 Å². The van der Waals surface area contributed by atoms with E-state index < -0.39 is 57.6 Å². The summed E-state index contributed by atoms with van der Waals surface area (Å²) < 4.78 is 79.0. The molecule has 1 fully saturated rings. The highest BCUT2D eigenvalue weighted by molar-refractivity contribution is 7.66. The van der Waals surface area contributed by atoms with E-state index >= 15 is 4.57 Å². The maximum Gasteiger partial charge on any atom is 0.420 e. The summed E-state index contributed by atoms with van der Waals surface area (Å²) in [5.74, 6) is 0. The number of nitrogens with one attached hydrogen (secondary N) is 1. The van der Waals surface area contributed by atoms with Crippen LogP contribution in [0, 0.1) is 6.92 Å². The molecule has 1 aromatic heterocycles. The van der Waals surface area contributed by atoms with E-state index in [0.717, 1.165) is 21.8 Å². The van der Waals surface area contributed by atoms with Crippen LogP contribution in [0.15, 0.2) is 46.1 Å². The van der Waals surface area contributed by atoms with Gasteiger partial charge in [0.25, 0.3) is 5.56 Å². The van der Waals surface area contributed by atoms with E-state index in [1.165, 1.54) is 27.3 Å². The second kappa shape index (κ2) is 21.6. The summed E-state index contributed by atoms with van der Waals surface area (Å²) in [6.07, 6.45) is -1.88. The monoisotopic (exact) mass is 763 g/mol. The Labute approximate surface area is 299 Å². The van der Waals surface area contributed by atoms with Crippen LogP contribution in [0.2, 0.25) is 0 Å². The summed E-state index contributed by atoms with van der Waals surface area (Å²) >= 11 is 0. The summed E-state index contributed by atoms with van der Waals surface area (Å²) in [6, 6.07) is 8.85. The first-order chi connectivity index (χ1) is 24.5. The van der Waals surface area contributed by atoms with E-state index in [2.05, 4.69) is 4.98 Å². The third-order valence-electron chi connectivity index (χ3n) is 8.03. The molecule has 6 atom stereocenters. The molecule has 3 unspecified atom stereocenters. The maximum absolute atomic E-state index is 15.2. The fourth-order valence-corrected chi connectivity index (χ4v) is 9.61. The molecule has 290 valence electrons. The Morgan fingerprint density at radius 1 is 0.882 bits per heavy atom. The fourth-order valence-electron chi connectivity index (χ4n) is 5.15. The lowest BCUT2D eigenvalue weighted by atomic mass is 10.1. The van der Waals surface area contributed by atoms with Crippen LogP contribution in [0.25, 0.3) is 0 Å². The van der Waals surface area contributed by atoms with Crippen LogP contribution < -0.4 is 11.2 Å². The normalized spacial score (nSPS) is 21.3. The van der Waals surface area contributed by atoms with Crippen LogP contribution >= 0.6 is 15.5 Å². The molecule has 1 aromatic carbocycles. The number of unbranched alkanes of at least 4 members (excludes halogenated alkanes) is 3. The van der Waals surface area contributed by atoms with Crippen molar-refractivity contribution in [2.24, 2.45) is 0 Å². The number of ether oxygens (including phenoxy) is 4. The molecule has 3 rings (SSSR count). The number of aliphatic hydroxyl groups excluding tert-OH is 1. The lowest BCUT2D eigenvalue weighted by Gasteiger charge is -2.36. The van der Waals surface area contributed by atoms with E-state index in [0.29, 0.717) is 31.2 Å². The molecule has 18 heteroatoms. The first-order valence-electron chi connectivity index (χ1n) is 17.4. The number of aromatic amines is 1. The van der Waals surface area contributed by atoms with Gasteiger partial charge in [-0.1, -0.05) is 70.4 Å². The van der Waals surface area contributed by atoms with Crippen LogP contribution in [0.3, 0.4) is 0 Å². The number of rotatable bonds is 25. The van der Waals surface area contributed by atoms with Crippen LogP contribution in [0.4, 0.5) is 0 Å². The van der Waals surface area contributed by atoms with Crippen LogP contribution in [0.1, 0.15) is 76.7 Å². The molecule has 16 nitrogen and oxygen atoms in total. The van der Waals surface area contributed by atoms with E-state index in [-0.39, 0.29) is 45.1 Å². The Morgan fingerprint density at radius 2 is 1.47 bits per heavy atom. The van der Waals surface area contributed by atoms with Gasteiger partial charge in [0.15, 0.2) is 12.5 Å². The number of aliphatic hydroxyl groups is 1. The molecule has 2 heterocycles. The number of H-pyrrole nitrogens is 1. The molecule has 2 N–H and O–H groups in total. The Hall–Kier alpha value is -2.04. The van der Waals surface area contributed by atoms with Gasteiger partial charge in [0, 0.05) is 32.5 Å². The molecular weight excluding hydrogens is 708 g/mol. The number of methoxy groups -OCH3 is 2. The number of aromatic nitrogens is 2. The van der Waals surface area contributed by atoms with Gasteiger partial charge in [-0.05, 0) is 31.7 Å². The Kier molecular flexibility index (Phi) is 18.4. The first kappa shape index (κ1) is 43.4. The van der Waals surface area contributed by atoms with Crippen molar-refractivity contribution >= 4 is 15.5 Å². The van der Waals surface area contributed by atoms with Crippen LogP contribution in [0.5, 0.6) is 0 Å². The molecule has 0 amide bonds. The topological polar surface area (TPSA) is 186 Å². The Balaban J connectivity index is 2.11. The van der Waals surface area contributed by atoms with E-state index in [4.69, 9.17) is 37.0 Å². The molecule has 0 radical (unpaired) electrons. The van der Waals surface area contributed by atoms with E-state index in [1.807, 2.05) is 20.8 Å². The molecule has 51 heavy (non-hydrogen) atoms. The summed E-state index contributed by atoms with van der Waals surface area (Å²) in [7, 11) is -6.38. The van der Waals surface area contributed by atoms with Gasteiger partial charge in [-0.2, -0.15) is 0 Å². The highest BCUT2D eigenvalue weighted by Gasteiger charge is 2.55. The summed E-state index contributed by atoms with van der Waals surface area (Å²) in [6.45, 7) is 7.31. The smallest absolute Gasteiger partial charge is 0.382 e. The van der Waals surface area contributed by atoms with Crippen molar-refractivity contribution < 1.29 is 51.3 Å². The third-order valence-corrected chi connectivity index (χ3v) is 12.8. The van der Waals surface area contributed by atoms with E-state index in [9.17, 15) is 19.3 Å². The number of aryl methyl sites for hydroxylation is 1. The SMILES string of the molecule is CCCCOP(=O)(OCCCC)N(Cc1ccccc1)P(=O)(OCCCC)OC(O)C1O[C@@H](n2cc(C)c(=O)[nH]c2=O)[C@H](OCCOC)[C@@H]1OC. The molecule has 0 bridgehead atoms. The average Bonchev–Trinajstić information content (AvgIpc) is 3.48. The van der Waals surface area contributed by atoms with Gasteiger partial charge in [0.2, 0.25) is 0 Å². The third kappa shape index (κ3) is 12.0. The van der Waals surface area contributed by atoms with Gasteiger partial charge in [-0.15, -0.1) is 4.44 Å². The minimum atomic E-state index is -4.79. The second-order valence-electron chi connectivity index (χ2n) is 12.0. The van der Waals surface area contributed by atoms with Gasteiger partial charge in [-0.3, -0.25) is 32.4 Å². The molecule has 1 aliphatic rings. The van der Waals surface area contributed by atoms with Crippen molar-refractivity contribution in [3.63, 3.8) is 0 Å². The Bertz CT molecular complexity index is 1510. The largest absolute Gasteiger partial charge is 0.420 e. The van der Waals surface area contributed by atoms with Crippen molar-refractivity contribution in [2.75, 3.05) is 47.3 Å². The molecule has 0 aliphatic carbocycles. The van der Waals surface area contributed by atoms with Gasteiger partial charge in [0.05, 0.1) is 33.0 Å². The quantitative estimate of drug-likeness (QED) is 0.0755. The average molecular weight is 764 g/mol. The molecular formula is C33H55N3O13P2. The highest BCUT2D eigenvalue weighted by atomic mass is 31.3. The predicted molar refractivity (Wildman–Crippen MR) is 189 cm³/mol. The first-order valence-corrected chi connectivity index (χ1v) is 20.4. The zero-order chi connectivity index (χ0) is 37.4. The molecule has 2 aromatic rings. The zero-order valence-corrected chi connectivity index (χ0v) is 32.3. The molecule has 1 saturated heterocycles. The molecule has 0 spiro atoms. The Morgan fingerprint density at radius 3 is 2.02 bits per heavy atom.